The first-order chi connectivity index (χ1) is 9.35. The van der Waals surface area contributed by atoms with Gasteiger partial charge < -0.3 is 5.32 Å². The zero-order valence-corrected chi connectivity index (χ0v) is 12.9. The molecular weight excluding hydrogens is 256 g/mol. The highest BCUT2D eigenvalue weighted by Crippen LogP contribution is 2.15. The standard InChI is InChI=1S/C15H26N2O3/c1-5-12-8-17(7-6-13(12)19)9-14(20)16-15(10(2)3)11(4)18/h10,12,15H,5-9H2,1-4H3,(H,16,20). The van der Waals surface area contributed by atoms with Crippen LogP contribution in [0.5, 0.6) is 0 Å². The molecule has 0 aromatic heterocycles. The van der Waals surface area contributed by atoms with Gasteiger partial charge in [0.2, 0.25) is 5.91 Å². The van der Waals surface area contributed by atoms with Crippen LogP contribution in [0.15, 0.2) is 0 Å². The van der Waals surface area contributed by atoms with Gasteiger partial charge in [-0.3, -0.25) is 19.3 Å². The van der Waals surface area contributed by atoms with Crippen molar-refractivity contribution in [3.63, 3.8) is 0 Å². The quantitative estimate of drug-likeness (QED) is 0.790. The number of Topliss-reactive ketones (excluding diaryl/α,β-unsaturated/α-hetero) is 2. The molecule has 5 heteroatoms. The first-order valence-corrected chi connectivity index (χ1v) is 7.40. The molecule has 2 atom stereocenters. The third kappa shape index (κ3) is 4.71. The number of hydrogen-bond acceptors (Lipinski definition) is 4. The van der Waals surface area contributed by atoms with Crippen molar-refractivity contribution in [2.45, 2.75) is 46.6 Å². The van der Waals surface area contributed by atoms with Crippen molar-refractivity contribution in [3.8, 4) is 0 Å². The van der Waals surface area contributed by atoms with E-state index in [4.69, 9.17) is 0 Å². The number of nitrogens with zero attached hydrogens (tertiary/aromatic N) is 1. The monoisotopic (exact) mass is 282 g/mol. The van der Waals surface area contributed by atoms with Crippen LogP contribution in [-0.2, 0) is 14.4 Å². The fourth-order valence-electron chi connectivity index (χ4n) is 2.64. The summed E-state index contributed by atoms with van der Waals surface area (Å²) in [4.78, 5) is 37.1. The Hall–Kier alpha value is -1.23. The molecule has 1 heterocycles. The third-order valence-electron chi connectivity index (χ3n) is 3.89. The van der Waals surface area contributed by atoms with Crippen LogP contribution in [0.2, 0.25) is 0 Å². The molecule has 1 rings (SSSR count). The van der Waals surface area contributed by atoms with E-state index in [1.807, 2.05) is 25.7 Å². The molecular formula is C15H26N2O3. The van der Waals surface area contributed by atoms with Gasteiger partial charge in [-0.25, -0.2) is 0 Å². The van der Waals surface area contributed by atoms with Crippen molar-refractivity contribution < 1.29 is 14.4 Å². The maximum Gasteiger partial charge on any atom is 0.234 e. The molecule has 0 saturated carbocycles. The van der Waals surface area contributed by atoms with Gasteiger partial charge in [0, 0.05) is 25.4 Å². The largest absolute Gasteiger partial charge is 0.345 e. The predicted molar refractivity (Wildman–Crippen MR) is 77.3 cm³/mol. The van der Waals surface area contributed by atoms with E-state index in [1.54, 1.807) is 0 Å². The number of piperidine rings is 1. The Labute approximate surface area is 121 Å². The van der Waals surface area contributed by atoms with Crippen LogP contribution in [0.3, 0.4) is 0 Å². The van der Waals surface area contributed by atoms with Crippen LogP contribution < -0.4 is 5.32 Å². The van der Waals surface area contributed by atoms with Gasteiger partial charge >= 0.3 is 0 Å². The molecule has 0 aromatic carbocycles. The van der Waals surface area contributed by atoms with E-state index in [9.17, 15) is 14.4 Å². The second kappa shape index (κ2) is 7.53. The zero-order valence-electron chi connectivity index (χ0n) is 12.9. The van der Waals surface area contributed by atoms with E-state index in [2.05, 4.69) is 5.32 Å². The van der Waals surface area contributed by atoms with Crippen LogP contribution in [0, 0.1) is 11.8 Å². The molecule has 0 bridgehead atoms. The normalized spacial score (nSPS) is 21.9. The van der Waals surface area contributed by atoms with Gasteiger partial charge in [0.25, 0.3) is 0 Å². The Morgan fingerprint density at radius 1 is 1.40 bits per heavy atom. The number of rotatable bonds is 6. The summed E-state index contributed by atoms with van der Waals surface area (Å²) in [5, 5.41) is 2.79. The SMILES string of the molecule is CCC1CN(CC(=O)NC(C(C)=O)C(C)C)CCC1=O. The van der Waals surface area contributed by atoms with Crippen LogP contribution in [0.4, 0.5) is 0 Å². The van der Waals surface area contributed by atoms with Gasteiger partial charge in [-0.15, -0.1) is 0 Å². The number of carbonyl (C=O) groups excluding carboxylic acids is 3. The van der Waals surface area contributed by atoms with Gasteiger partial charge in [-0.1, -0.05) is 20.8 Å². The number of nitrogens with one attached hydrogen (secondary N) is 1. The molecule has 0 aromatic rings. The molecule has 1 saturated heterocycles. The minimum Gasteiger partial charge on any atom is -0.345 e. The lowest BCUT2D eigenvalue weighted by molar-refractivity contribution is -0.131. The fraction of sp³-hybridized carbons (Fsp3) is 0.800. The second-order valence-electron chi connectivity index (χ2n) is 5.96. The van der Waals surface area contributed by atoms with Crippen molar-refractivity contribution in [1.29, 1.82) is 0 Å². The number of amides is 1. The highest BCUT2D eigenvalue weighted by Gasteiger charge is 2.28. The first kappa shape index (κ1) is 16.8. The minimum absolute atomic E-state index is 0.0198. The summed E-state index contributed by atoms with van der Waals surface area (Å²) in [5.74, 6) is 0.276. The van der Waals surface area contributed by atoms with Gasteiger partial charge in [0.05, 0.1) is 12.6 Å². The Morgan fingerprint density at radius 3 is 2.55 bits per heavy atom. The third-order valence-corrected chi connectivity index (χ3v) is 3.89. The van der Waals surface area contributed by atoms with Crippen molar-refractivity contribution >= 4 is 17.5 Å². The summed E-state index contributed by atoms with van der Waals surface area (Å²) in [7, 11) is 0. The number of likely N-dealkylation sites (tertiary alicyclic amines) is 1. The van der Waals surface area contributed by atoms with Crippen LogP contribution in [0.25, 0.3) is 0 Å². The average Bonchev–Trinajstić information content (AvgIpc) is 2.37. The molecule has 114 valence electrons. The lowest BCUT2D eigenvalue weighted by atomic mass is 9.94. The Balaban J connectivity index is 2.50. The van der Waals surface area contributed by atoms with Crippen LogP contribution in [-0.4, -0.2) is 48.0 Å². The molecule has 5 nitrogen and oxygen atoms in total. The molecule has 20 heavy (non-hydrogen) atoms. The molecule has 2 unspecified atom stereocenters. The van der Waals surface area contributed by atoms with Crippen LogP contribution >= 0.6 is 0 Å². The minimum atomic E-state index is -0.420. The lowest BCUT2D eigenvalue weighted by Crippen LogP contribution is -2.50. The first-order valence-electron chi connectivity index (χ1n) is 7.40. The topological polar surface area (TPSA) is 66.5 Å². The van der Waals surface area contributed by atoms with E-state index in [1.165, 1.54) is 6.92 Å². The zero-order chi connectivity index (χ0) is 15.3. The fourth-order valence-corrected chi connectivity index (χ4v) is 2.64. The highest BCUT2D eigenvalue weighted by atomic mass is 16.2. The maximum atomic E-state index is 12.0. The molecule has 0 aliphatic carbocycles. The van der Waals surface area contributed by atoms with E-state index in [0.717, 1.165) is 6.42 Å². The number of hydrogen-bond donors (Lipinski definition) is 1. The Morgan fingerprint density at radius 2 is 2.05 bits per heavy atom. The molecule has 1 N–H and O–H groups in total. The van der Waals surface area contributed by atoms with Gasteiger partial charge in [-0.05, 0) is 19.3 Å². The molecule has 0 radical (unpaired) electrons. The van der Waals surface area contributed by atoms with Gasteiger partial charge in [-0.2, -0.15) is 0 Å². The van der Waals surface area contributed by atoms with E-state index in [0.29, 0.717) is 25.3 Å². The van der Waals surface area contributed by atoms with Crippen LogP contribution in [0.1, 0.15) is 40.5 Å². The van der Waals surface area contributed by atoms with E-state index >= 15 is 0 Å². The Bertz CT molecular complexity index is 379. The summed E-state index contributed by atoms with van der Waals surface area (Å²) in [5.41, 5.74) is 0. The molecule has 0 spiro atoms. The van der Waals surface area contributed by atoms with Crippen molar-refractivity contribution in [1.82, 2.24) is 10.2 Å². The van der Waals surface area contributed by atoms with Crippen molar-refractivity contribution in [2.75, 3.05) is 19.6 Å². The summed E-state index contributed by atoms with van der Waals surface area (Å²) in [6.45, 7) is 8.87. The highest BCUT2D eigenvalue weighted by molar-refractivity contribution is 5.88. The molecule has 1 amide bonds. The number of ketones is 2. The van der Waals surface area contributed by atoms with Gasteiger partial charge in [0.15, 0.2) is 5.78 Å². The van der Waals surface area contributed by atoms with Crippen molar-refractivity contribution in [3.05, 3.63) is 0 Å². The predicted octanol–water partition coefficient (Wildman–Crippen LogP) is 1.02. The average molecular weight is 282 g/mol. The van der Waals surface area contributed by atoms with Crippen molar-refractivity contribution in [2.24, 2.45) is 11.8 Å². The summed E-state index contributed by atoms with van der Waals surface area (Å²) in [6, 6.07) is -0.420. The second-order valence-corrected chi connectivity index (χ2v) is 5.96. The number of carbonyl (C=O) groups is 3. The smallest absolute Gasteiger partial charge is 0.234 e. The van der Waals surface area contributed by atoms with Gasteiger partial charge in [0.1, 0.15) is 5.78 Å². The molecule has 1 fully saturated rings. The lowest BCUT2D eigenvalue weighted by Gasteiger charge is -2.31. The molecule has 1 aliphatic rings. The van der Waals surface area contributed by atoms with E-state index < -0.39 is 6.04 Å². The maximum absolute atomic E-state index is 12.0. The summed E-state index contributed by atoms with van der Waals surface area (Å²) >= 11 is 0. The summed E-state index contributed by atoms with van der Waals surface area (Å²) < 4.78 is 0. The van der Waals surface area contributed by atoms with E-state index in [-0.39, 0.29) is 30.1 Å². The Kier molecular flexibility index (Phi) is 6.33. The molecule has 1 aliphatic heterocycles. The summed E-state index contributed by atoms with van der Waals surface area (Å²) in [6.07, 6.45) is 1.34.